The van der Waals surface area contributed by atoms with E-state index in [0.717, 1.165) is 6.42 Å². The Morgan fingerprint density at radius 3 is 2.33 bits per heavy atom. The van der Waals surface area contributed by atoms with Crippen molar-refractivity contribution in [1.82, 2.24) is 0 Å². The van der Waals surface area contributed by atoms with Crippen LogP contribution in [0.2, 0.25) is 0 Å². The highest BCUT2D eigenvalue weighted by molar-refractivity contribution is 5.79. The van der Waals surface area contributed by atoms with Gasteiger partial charge in [0.1, 0.15) is 0 Å². The summed E-state index contributed by atoms with van der Waals surface area (Å²) in [4.78, 5) is 11.2. The standard InChI is InChI=1S/C13H19NO/c1-10(9-13(2,3)12(14)15)11-7-5-4-6-8-11/h4-8,10H,9H2,1-3H3,(H2,14,15). The maximum absolute atomic E-state index is 11.2. The third-order valence-corrected chi connectivity index (χ3v) is 2.85. The monoisotopic (exact) mass is 205 g/mol. The fourth-order valence-corrected chi connectivity index (χ4v) is 1.77. The largest absolute Gasteiger partial charge is 0.369 e. The van der Waals surface area contributed by atoms with Crippen LogP contribution in [0, 0.1) is 5.41 Å². The molecule has 2 heteroatoms. The molecular formula is C13H19NO. The van der Waals surface area contributed by atoms with Crippen LogP contribution in [-0.4, -0.2) is 5.91 Å². The van der Waals surface area contributed by atoms with Gasteiger partial charge in [-0.2, -0.15) is 0 Å². The molecular weight excluding hydrogens is 186 g/mol. The molecule has 0 saturated heterocycles. The van der Waals surface area contributed by atoms with Gasteiger partial charge in [0.05, 0.1) is 0 Å². The molecule has 15 heavy (non-hydrogen) atoms. The summed E-state index contributed by atoms with van der Waals surface area (Å²) in [5, 5.41) is 0. The number of hydrogen-bond donors (Lipinski definition) is 1. The first-order valence-electron chi connectivity index (χ1n) is 5.28. The number of amides is 1. The third-order valence-electron chi connectivity index (χ3n) is 2.85. The number of carbonyl (C=O) groups is 1. The fraction of sp³-hybridized carbons (Fsp3) is 0.462. The molecule has 0 aliphatic heterocycles. The number of benzene rings is 1. The van der Waals surface area contributed by atoms with Crippen molar-refractivity contribution < 1.29 is 4.79 Å². The molecule has 1 rings (SSSR count). The molecule has 0 aromatic heterocycles. The van der Waals surface area contributed by atoms with Crippen molar-refractivity contribution >= 4 is 5.91 Å². The fourth-order valence-electron chi connectivity index (χ4n) is 1.77. The van der Waals surface area contributed by atoms with Crippen LogP contribution in [0.4, 0.5) is 0 Å². The first-order chi connectivity index (χ1) is 6.93. The van der Waals surface area contributed by atoms with Gasteiger partial charge in [-0.1, -0.05) is 51.1 Å². The summed E-state index contributed by atoms with van der Waals surface area (Å²) < 4.78 is 0. The molecule has 0 spiro atoms. The van der Waals surface area contributed by atoms with Gasteiger partial charge in [0.2, 0.25) is 5.91 Å². The van der Waals surface area contributed by atoms with E-state index in [-0.39, 0.29) is 5.91 Å². The van der Waals surface area contributed by atoms with Gasteiger partial charge in [-0.05, 0) is 17.9 Å². The Balaban J connectivity index is 2.72. The SMILES string of the molecule is CC(CC(C)(C)C(N)=O)c1ccccc1. The quantitative estimate of drug-likeness (QED) is 0.806. The number of nitrogens with two attached hydrogens (primary N) is 1. The summed E-state index contributed by atoms with van der Waals surface area (Å²) in [6, 6.07) is 10.2. The van der Waals surface area contributed by atoms with Gasteiger partial charge >= 0.3 is 0 Å². The van der Waals surface area contributed by atoms with Crippen molar-refractivity contribution in [2.45, 2.75) is 33.1 Å². The molecule has 0 bridgehead atoms. The average molecular weight is 205 g/mol. The number of rotatable bonds is 4. The van der Waals surface area contributed by atoms with Gasteiger partial charge in [0, 0.05) is 5.41 Å². The summed E-state index contributed by atoms with van der Waals surface area (Å²) in [6.07, 6.45) is 0.784. The predicted octanol–water partition coefficient (Wildman–Crippen LogP) is 2.69. The maximum atomic E-state index is 11.2. The molecule has 0 fully saturated rings. The van der Waals surface area contributed by atoms with Crippen LogP contribution >= 0.6 is 0 Å². The predicted molar refractivity (Wildman–Crippen MR) is 62.4 cm³/mol. The maximum Gasteiger partial charge on any atom is 0.223 e. The number of carbonyl (C=O) groups excluding carboxylic acids is 1. The lowest BCUT2D eigenvalue weighted by Gasteiger charge is -2.24. The van der Waals surface area contributed by atoms with Gasteiger partial charge in [-0.25, -0.2) is 0 Å². The molecule has 1 amide bonds. The molecule has 0 aliphatic rings. The van der Waals surface area contributed by atoms with Crippen LogP contribution < -0.4 is 5.73 Å². The zero-order valence-electron chi connectivity index (χ0n) is 9.66. The Labute approximate surface area is 91.5 Å². The van der Waals surface area contributed by atoms with E-state index in [9.17, 15) is 4.79 Å². The number of primary amides is 1. The van der Waals surface area contributed by atoms with Crippen LogP contribution in [-0.2, 0) is 4.79 Å². The van der Waals surface area contributed by atoms with Crippen LogP contribution in [0.25, 0.3) is 0 Å². The van der Waals surface area contributed by atoms with Crippen LogP contribution in [0.3, 0.4) is 0 Å². The van der Waals surface area contributed by atoms with Crippen LogP contribution in [0.5, 0.6) is 0 Å². The minimum absolute atomic E-state index is 0.231. The molecule has 0 aliphatic carbocycles. The van der Waals surface area contributed by atoms with Gasteiger partial charge in [-0.3, -0.25) is 4.79 Å². The molecule has 2 N–H and O–H groups in total. The van der Waals surface area contributed by atoms with Crippen molar-refractivity contribution in [3.63, 3.8) is 0 Å². The summed E-state index contributed by atoms with van der Waals surface area (Å²) in [7, 11) is 0. The number of hydrogen-bond acceptors (Lipinski definition) is 1. The lowest BCUT2D eigenvalue weighted by atomic mass is 9.80. The second-order valence-electron chi connectivity index (χ2n) is 4.76. The molecule has 82 valence electrons. The van der Waals surface area contributed by atoms with Crippen molar-refractivity contribution in [2.24, 2.45) is 11.1 Å². The van der Waals surface area contributed by atoms with E-state index >= 15 is 0 Å². The van der Waals surface area contributed by atoms with E-state index in [1.807, 2.05) is 32.0 Å². The molecule has 0 saturated carbocycles. The Morgan fingerprint density at radius 1 is 1.33 bits per heavy atom. The molecule has 0 heterocycles. The third kappa shape index (κ3) is 3.08. The second kappa shape index (κ2) is 4.47. The smallest absolute Gasteiger partial charge is 0.223 e. The highest BCUT2D eigenvalue weighted by Gasteiger charge is 2.27. The Bertz CT molecular complexity index is 330. The van der Waals surface area contributed by atoms with Crippen molar-refractivity contribution in [1.29, 1.82) is 0 Å². The van der Waals surface area contributed by atoms with Gasteiger partial charge in [0.25, 0.3) is 0 Å². The average Bonchev–Trinajstić information content (AvgIpc) is 2.18. The van der Waals surface area contributed by atoms with E-state index in [1.54, 1.807) is 0 Å². The minimum Gasteiger partial charge on any atom is -0.369 e. The topological polar surface area (TPSA) is 43.1 Å². The lowest BCUT2D eigenvalue weighted by molar-refractivity contribution is -0.126. The second-order valence-corrected chi connectivity index (χ2v) is 4.76. The zero-order chi connectivity index (χ0) is 11.5. The van der Waals surface area contributed by atoms with E-state index < -0.39 is 5.41 Å². The van der Waals surface area contributed by atoms with Crippen LogP contribution in [0.1, 0.15) is 38.7 Å². The summed E-state index contributed by atoms with van der Waals surface area (Å²) in [5.41, 5.74) is 6.18. The summed E-state index contributed by atoms with van der Waals surface area (Å²) in [6.45, 7) is 5.92. The van der Waals surface area contributed by atoms with Crippen molar-refractivity contribution in [3.8, 4) is 0 Å². The highest BCUT2D eigenvalue weighted by Crippen LogP contribution is 2.30. The molecule has 2 nitrogen and oxygen atoms in total. The lowest BCUT2D eigenvalue weighted by Crippen LogP contribution is -2.32. The molecule has 1 unspecified atom stereocenters. The van der Waals surface area contributed by atoms with Crippen molar-refractivity contribution in [3.05, 3.63) is 35.9 Å². The molecule has 1 aromatic carbocycles. The highest BCUT2D eigenvalue weighted by atomic mass is 16.1. The summed E-state index contributed by atoms with van der Waals surface area (Å²) in [5.74, 6) is 0.124. The first-order valence-corrected chi connectivity index (χ1v) is 5.28. The Hall–Kier alpha value is -1.31. The van der Waals surface area contributed by atoms with E-state index in [1.165, 1.54) is 5.56 Å². The van der Waals surface area contributed by atoms with Gasteiger partial charge < -0.3 is 5.73 Å². The summed E-state index contributed by atoms with van der Waals surface area (Å²) >= 11 is 0. The van der Waals surface area contributed by atoms with Gasteiger partial charge in [-0.15, -0.1) is 0 Å². The first kappa shape index (κ1) is 11.8. The zero-order valence-corrected chi connectivity index (χ0v) is 9.66. The molecule has 1 atom stereocenters. The minimum atomic E-state index is -0.435. The molecule has 1 aromatic rings. The van der Waals surface area contributed by atoms with E-state index in [2.05, 4.69) is 19.1 Å². The Kier molecular flexibility index (Phi) is 3.51. The normalized spacial score (nSPS) is 13.5. The van der Waals surface area contributed by atoms with E-state index in [4.69, 9.17) is 5.73 Å². The van der Waals surface area contributed by atoms with Crippen molar-refractivity contribution in [2.75, 3.05) is 0 Å². The molecule has 0 radical (unpaired) electrons. The van der Waals surface area contributed by atoms with E-state index in [0.29, 0.717) is 5.92 Å². The van der Waals surface area contributed by atoms with Crippen LogP contribution in [0.15, 0.2) is 30.3 Å². The Morgan fingerprint density at radius 2 is 1.87 bits per heavy atom. The van der Waals surface area contributed by atoms with Gasteiger partial charge in [0.15, 0.2) is 0 Å².